The molecule has 0 bridgehead atoms. The average molecular weight is 479 g/mol. The van der Waals surface area contributed by atoms with Gasteiger partial charge in [0.25, 0.3) is 0 Å². The SMILES string of the molecule is CC(=C[C@H](C(C)C)N(C)C(=O)[C@@H](NC(=O)C1CCCCN1C)C(C)C)C(=O)N1CCC[C@H]1CO. The molecule has 2 rings (SSSR count). The van der Waals surface area contributed by atoms with Gasteiger partial charge in [0.2, 0.25) is 17.7 Å². The van der Waals surface area contributed by atoms with Gasteiger partial charge in [-0.2, -0.15) is 0 Å². The fraction of sp³-hybridized carbons (Fsp3) is 0.808. The predicted octanol–water partition coefficient (Wildman–Crippen LogP) is 2.02. The zero-order valence-electron chi connectivity index (χ0n) is 22.2. The number of likely N-dealkylation sites (tertiary alicyclic amines) is 2. The summed E-state index contributed by atoms with van der Waals surface area (Å²) in [6, 6.07) is -1.25. The highest BCUT2D eigenvalue weighted by Gasteiger charge is 2.35. The Morgan fingerprint density at radius 1 is 1.06 bits per heavy atom. The molecule has 4 atom stereocenters. The second kappa shape index (κ2) is 12.7. The lowest BCUT2D eigenvalue weighted by molar-refractivity contribution is -0.139. The smallest absolute Gasteiger partial charge is 0.249 e. The van der Waals surface area contributed by atoms with Crippen LogP contribution in [0.1, 0.15) is 66.7 Å². The number of hydrogen-bond acceptors (Lipinski definition) is 5. The molecule has 0 spiro atoms. The molecule has 194 valence electrons. The molecule has 2 heterocycles. The normalized spacial score (nSPS) is 23.8. The van der Waals surface area contributed by atoms with Crippen molar-refractivity contribution in [1.82, 2.24) is 20.0 Å². The fourth-order valence-electron chi connectivity index (χ4n) is 5.13. The van der Waals surface area contributed by atoms with E-state index >= 15 is 0 Å². The van der Waals surface area contributed by atoms with Gasteiger partial charge in [0.05, 0.1) is 24.7 Å². The standard InChI is InChI=1S/C26H46N4O4/c1-17(2)22(15-19(5)25(33)30-14-10-11-20(30)16-31)29(7)26(34)23(18(3)4)27-24(32)21-12-8-9-13-28(21)6/h15,17-18,20-23,31H,8-14,16H2,1-7H3,(H,27,32)/t20-,21?,22+,23-/m0/s1. The number of piperidine rings is 1. The highest BCUT2D eigenvalue weighted by molar-refractivity contribution is 5.94. The van der Waals surface area contributed by atoms with Crippen LogP contribution in [0.25, 0.3) is 0 Å². The lowest BCUT2D eigenvalue weighted by Gasteiger charge is -2.36. The van der Waals surface area contributed by atoms with E-state index in [2.05, 4.69) is 10.2 Å². The first-order chi connectivity index (χ1) is 16.0. The van der Waals surface area contributed by atoms with E-state index in [1.807, 2.05) is 40.8 Å². The third-order valence-electron chi connectivity index (χ3n) is 7.39. The Kier molecular flexibility index (Phi) is 10.6. The van der Waals surface area contributed by atoms with Crippen LogP contribution in [-0.4, -0.2) is 95.5 Å². The minimum absolute atomic E-state index is 0.0308. The summed E-state index contributed by atoms with van der Waals surface area (Å²) in [4.78, 5) is 45.1. The van der Waals surface area contributed by atoms with Crippen LogP contribution in [0.5, 0.6) is 0 Å². The topological polar surface area (TPSA) is 93.2 Å². The predicted molar refractivity (Wildman–Crippen MR) is 134 cm³/mol. The van der Waals surface area contributed by atoms with Crippen molar-refractivity contribution >= 4 is 17.7 Å². The average Bonchev–Trinajstić information content (AvgIpc) is 3.28. The van der Waals surface area contributed by atoms with Crippen LogP contribution < -0.4 is 5.32 Å². The number of rotatable bonds is 9. The Hall–Kier alpha value is -1.93. The maximum atomic E-state index is 13.6. The number of nitrogens with zero attached hydrogens (tertiary/aromatic N) is 3. The van der Waals surface area contributed by atoms with E-state index in [1.54, 1.807) is 23.8 Å². The van der Waals surface area contributed by atoms with E-state index in [-0.39, 0.29) is 54.3 Å². The number of amides is 3. The number of nitrogens with one attached hydrogen (secondary N) is 1. The first-order valence-electron chi connectivity index (χ1n) is 12.9. The summed E-state index contributed by atoms with van der Waals surface area (Å²) in [7, 11) is 3.71. The highest BCUT2D eigenvalue weighted by Crippen LogP contribution is 2.22. The van der Waals surface area contributed by atoms with Crippen molar-refractivity contribution in [2.75, 3.05) is 33.8 Å². The fourth-order valence-corrected chi connectivity index (χ4v) is 5.13. The molecule has 2 saturated heterocycles. The summed E-state index contributed by atoms with van der Waals surface area (Å²) >= 11 is 0. The van der Waals surface area contributed by atoms with Crippen molar-refractivity contribution in [1.29, 1.82) is 0 Å². The van der Waals surface area contributed by atoms with E-state index in [4.69, 9.17) is 0 Å². The van der Waals surface area contributed by atoms with Crippen LogP contribution in [0.15, 0.2) is 11.6 Å². The largest absolute Gasteiger partial charge is 0.394 e. The van der Waals surface area contributed by atoms with Gasteiger partial charge >= 0.3 is 0 Å². The first-order valence-corrected chi connectivity index (χ1v) is 12.9. The second-order valence-corrected chi connectivity index (χ2v) is 10.7. The molecule has 0 aliphatic carbocycles. The van der Waals surface area contributed by atoms with Crippen LogP contribution in [0, 0.1) is 11.8 Å². The zero-order chi connectivity index (χ0) is 25.6. The van der Waals surface area contributed by atoms with Gasteiger partial charge in [0.1, 0.15) is 6.04 Å². The second-order valence-electron chi connectivity index (χ2n) is 10.7. The molecule has 8 heteroatoms. The third kappa shape index (κ3) is 6.81. The van der Waals surface area contributed by atoms with E-state index in [0.717, 1.165) is 38.6 Å². The van der Waals surface area contributed by atoms with E-state index in [0.29, 0.717) is 12.1 Å². The van der Waals surface area contributed by atoms with Crippen LogP contribution in [0.4, 0.5) is 0 Å². The van der Waals surface area contributed by atoms with Gasteiger partial charge < -0.3 is 20.2 Å². The van der Waals surface area contributed by atoms with Gasteiger partial charge in [-0.1, -0.05) is 40.2 Å². The van der Waals surface area contributed by atoms with Gasteiger partial charge in [0, 0.05) is 19.2 Å². The van der Waals surface area contributed by atoms with Gasteiger partial charge in [-0.3, -0.25) is 19.3 Å². The van der Waals surface area contributed by atoms with Crippen LogP contribution >= 0.6 is 0 Å². The van der Waals surface area contributed by atoms with Gasteiger partial charge in [0.15, 0.2) is 0 Å². The van der Waals surface area contributed by atoms with Crippen molar-refractivity contribution in [2.45, 2.75) is 90.9 Å². The molecule has 1 unspecified atom stereocenters. The number of aliphatic hydroxyl groups excluding tert-OH is 1. The molecular formula is C26H46N4O4. The lowest BCUT2D eigenvalue weighted by Crippen LogP contribution is -2.57. The van der Waals surface area contributed by atoms with Crippen LogP contribution in [-0.2, 0) is 14.4 Å². The summed E-state index contributed by atoms with van der Waals surface area (Å²) < 4.78 is 0. The van der Waals surface area contributed by atoms with E-state index in [9.17, 15) is 19.5 Å². The Morgan fingerprint density at radius 2 is 1.74 bits per heavy atom. The third-order valence-corrected chi connectivity index (χ3v) is 7.39. The van der Waals surface area contributed by atoms with E-state index in [1.165, 1.54) is 0 Å². The molecule has 2 aliphatic rings. The van der Waals surface area contributed by atoms with Gasteiger partial charge in [-0.25, -0.2) is 0 Å². The Balaban J connectivity index is 2.17. The molecule has 0 aromatic heterocycles. The quantitative estimate of drug-likeness (QED) is 0.495. The molecule has 0 saturated carbocycles. The number of likely N-dealkylation sites (N-methyl/N-ethyl adjacent to an activating group) is 2. The molecule has 34 heavy (non-hydrogen) atoms. The summed E-state index contributed by atoms with van der Waals surface area (Å²) in [6.45, 7) is 11.2. The molecule has 2 N–H and O–H groups in total. The first kappa shape index (κ1) is 28.3. The Morgan fingerprint density at radius 3 is 2.29 bits per heavy atom. The van der Waals surface area contributed by atoms with Crippen molar-refractivity contribution in [3.63, 3.8) is 0 Å². The van der Waals surface area contributed by atoms with Crippen molar-refractivity contribution < 1.29 is 19.5 Å². The van der Waals surface area contributed by atoms with Gasteiger partial charge in [-0.05, 0) is 58.0 Å². The highest BCUT2D eigenvalue weighted by atomic mass is 16.3. The molecule has 2 aliphatic heterocycles. The summed E-state index contributed by atoms with van der Waals surface area (Å²) in [5.41, 5.74) is 0.577. The number of hydrogen-bond donors (Lipinski definition) is 2. The number of aliphatic hydroxyl groups is 1. The zero-order valence-corrected chi connectivity index (χ0v) is 22.2. The molecule has 2 fully saturated rings. The van der Waals surface area contributed by atoms with Gasteiger partial charge in [-0.15, -0.1) is 0 Å². The molecular weight excluding hydrogens is 432 g/mol. The van der Waals surface area contributed by atoms with Crippen LogP contribution in [0.2, 0.25) is 0 Å². The lowest BCUT2D eigenvalue weighted by atomic mass is 9.96. The molecule has 0 aromatic carbocycles. The number of carbonyl (C=O) groups is 3. The monoisotopic (exact) mass is 478 g/mol. The molecule has 0 aromatic rings. The summed E-state index contributed by atoms with van der Waals surface area (Å²) in [6.07, 6.45) is 6.49. The Labute approximate surface area is 205 Å². The number of carbonyl (C=O) groups excluding carboxylic acids is 3. The van der Waals surface area contributed by atoms with Crippen molar-refractivity contribution in [3.8, 4) is 0 Å². The minimum atomic E-state index is -0.629. The molecule has 3 amide bonds. The molecule has 0 radical (unpaired) electrons. The van der Waals surface area contributed by atoms with E-state index < -0.39 is 6.04 Å². The summed E-state index contributed by atoms with van der Waals surface area (Å²) in [5.74, 6) is -0.308. The maximum absolute atomic E-state index is 13.6. The van der Waals surface area contributed by atoms with Crippen molar-refractivity contribution in [3.05, 3.63) is 11.6 Å². The minimum Gasteiger partial charge on any atom is -0.394 e. The Bertz CT molecular complexity index is 751. The van der Waals surface area contributed by atoms with Crippen LogP contribution in [0.3, 0.4) is 0 Å². The summed E-state index contributed by atoms with van der Waals surface area (Å²) in [5, 5.41) is 12.6. The molecule has 8 nitrogen and oxygen atoms in total. The van der Waals surface area contributed by atoms with Crippen molar-refractivity contribution in [2.24, 2.45) is 11.8 Å². The maximum Gasteiger partial charge on any atom is 0.249 e.